The number of hydrogen-bond donors (Lipinski definition) is 0. The third kappa shape index (κ3) is 4.61. The van der Waals surface area contributed by atoms with Gasteiger partial charge in [0.2, 0.25) is 0 Å². The van der Waals surface area contributed by atoms with Gasteiger partial charge in [0.25, 0.3) is 0 Å². The maximum atomic E-state index is 6.68. The van der Waals surface area contributed by atoms with E-state index < -0.39 is 0 Å². The van der Waals surface area contributed by atoms with Crippen molar-refractivity contribution >= 4 is 87.7 Å². The van der Waals surface area contributed by atoms with Gasteiger partial charge in [-0.3, -0.25) is 0 Å². The molecule has 8 aromatic carbocycles. The lowest BCUT2D eigenvalue weighted by molar-refractivity contribution is 0.669. The van der Waals surface area contributed by atoms with Crippen molar-refractivity contribution in [3.8, 4) is 43.1 Å². The summed E-state index contributed by atoms with van der Waals surface area (Å²) in [5.41, 5.74) is 9.31. The molecule has 250 valence electrons. The molecule has 3 heterocycles. The SMILES string of the molecule is Cc1ccc(-c2c3ccccc3c(-c3ccc4oc5cccc(-c6c7ccccc7c(-c7ccc(C)s7)c7ccccc67)c5c4c3)c3ccccc23)s1. The fourth-order valence-electron chi connectivity index (χ4n) is 8.72. The van der Waals surface area contributed by atoms with Crippen LogP contribution in [0, 0.1) is 13.8 Å². The molecule has 0 aliphatic heterocycles. The van der Waals surface area contributed by atoms with Crippen LogP contribution in [0.3, 0.4) is 0 Å². The summed E-state index contributed by atoms with van der Waals surface area (Å²) < 4.78 is 6.68. The van der Waals surface area contributed by atoms with Crippen LogP contribution in [0.25, 0.3) is 108 Å². The van der Waals surface area contributed by atoms with Gasteiger partial charge in [0.1, 0.15) is 11.2 Å². The quantitative estimate of drug-likeness (QED) is 0.166. The zero-order valence-corrected chi connectivity index (χ0v) is 30.9. The third-order valence-corrected chi connectivity index (χ3v) is 12.9. The number of thiophene rings is 2. The Hall–Kier alpha value is -6.00. The van der Waals surface area contributed by atoms with Gasteiger partial charge in [-0.1, -0.05) is 115 Å². The minimum absolute atomic E-state index is 0.898. The van der Waals surface area contributed by atoms with E-state index in [-0.39, 0.29) is 0 Å². The van der Waals surface area contributed by atoms with Crippen molar-refractivity contribution in [3.63, 3.8) is 0 Å². The van der Waals surface area contributed by atoms with E-state index >= 15 is 0 Å². The topological polar surface area (TPSA) is 13.1 Å². The molecule has 11 aromatic rings. The molecule has 53 heavy (non-hydrogen) atoms. The second-order valence-corrected chi connectivity index (χ2v) is 16.6. The molecule has 0 unspecified atom stereocenters. The van der Waals surface area contributed by atoms with Crippen molar-refractivity contribution < 1.29 is 4.42 Å². The van der Waals surface area contributed by atoms with Crippen LogP contribution >= 0.6 is 22.7 Å². The standard InChI is InChI=1S/C50H32OS2/c1-29-22-26-44(52-29)49-36-16-7-3-12-32(36)46(33-13-4-8-17-37(33)49)31-24-25-42-41(28-31)48-40(20-11-21-43(48)51-42)47-34-14-5-9-18-38(34)50(45-27-23-30(2)53-45)39-19-10-6-15-35(39)47/h3-28H,1-2H3. The largest absolute Gasteiger partial charge is 0.456 e. The zero-order chi connectivity index (χ0) is 35.2. The predicted octanol–water partition coefficient (Wildman–Crippen LogP) is 15.6. The Morgan fingerprint density at radius 3 is 1.26 bits per heavy atom. The Morgan fingerprint density at radius 2 is 0.811 bits per heavy atom. The lowest BCUT2D eigenvalue weighted by Gasteiger charge is -2.18. The molecule has 0 saturated heterocycles. The average Bonchev–Trinajstić information content (AvgIpc) is 3.93. The molecule has 0 atom stereocenters. The molecule has 1 nitrogen and oxygen atoms in total. The molecule has 11 rings (SSSR count). The van der Waals surface area contributed by atoms with Gasteiger partial charge in [-0.25, -0.2) is 0 Å². The summed E-state index contributed by atoms with van der Waals surface area (Å²) in [5, 5.41) is 12.4. The summed E-state index contributed by atoms with van der Waals surface area (Å²) in [6, 6.07) is 58.1. The van der Waals surface area contributed by atoms with E-state index in [0.717, 1.165) is 21.9 Å². The van der Waals surface area contributed by atoms with E-state index in [9.17, 15) is 0 Å². The fraction of sp³-hybridized carbons (Fsp3) is 0.0400. The molecule has 0 aliphatic carbocycles. The normalized spacial score (nSPS) is 12.0. The van der Waals surface area contributed by atoms with Crippen LogP contribution < -0.4 is 0 Å². The highest BCUT2D eigenvalue weighted by Crippen LogP contribution is 2.50. The summed E-state index contributed by atoms with van der Waals surface area (Å²) in [6.07, 6.45) is 0. The highest BCUT2D eigenvalue weighted by Gasteiger charge is 2.22. The average molecular weight is 713 g/mol. The van der Waals surface area contributed by atoms with E-state index in [2.05, 4.69) is 172 Å². The molecule has 0 amide bonds. The van der Waals surface area contributed by atoms with Gasteiger partial charge >= 0.3 is 0 Å². The number of furan rings is 1. The van der Waals surface area contributed by atoms with Gasteiger partial charge in [0.05, 0.1) is 0 Å². The molecule has 0 radical (unpaired) electrons. The second-order valence-electron chi connectivity index (χ2n) is 14.0. The molecule has 3 heteroatoms. The van der Waals surface area contributed by atoms with Crippen molar-refractivity contribution in [1.82, 2.24) is 0 Å². The number of fused-ring (bicyclic) bond motifs is 7. The predicted molar refractivity (Wildman–Crippen MR) is 231 cm³/mol. The van der Waals surface area contributed by atoms with Gasteiger partial charge in [0.15, 0.2) is 0 Å². The van der Waals surface area contributed by atoms with Gasteiger partial charge in [-0.2, -0.15) is 0 Å². The summed E-state index contributed by atoms with van der Waals surface area (Å²) in [7, 11) is 0. The van der Waals surface area contributed by atoms with Crippen molar-refractivity contribution in [2.75, 3.05) is 0 Å². The summed E-state index contributed by atoms with van der Waals surface area (Å²) in [5.74, 6) is 0. The second kappa shape index (κ2) is 11.8. The third-order valence-electron chi connectivity index (χ3n) is 10.9. The molecular weight excluding hydrogens is 681 g/mol. The first kappa shape index (κ1) is 30.6. The highest BCUT2D eigenvalue weighted by atomic mass is 32.1. The maximum absolute atomic E-state index is 6.68. The molecule has 0 fully saturated rings. The number of aryl methyl sites for hydroxylation is 2. The van der Waals surface area contributed by atoms with Crippen LogP contribution in [0.15, 0.2) is 162 Å². The minimum Gasteiger partial charge on any atom is -0.456 e. The monoisotopic (exact) mass is 712 g/mol. The van der Waals surface area contributed by atoms with Gasteiger partial charge in [0, 0.05) is 41.4 Å². The van der Waals surface area contributed by atoms with Crippen LogP contribution in [-0.4, -0.2) is 0 Å². The first-order valence-electron chi connectivity index (χ1n) is 18.1. The summed E-state index contributed by atoms with van der Waals surface area (Å²) in [6.45, 7) is 4.38. The minimum atomic E-state index is 0.898. The van der Waals surface area contributed by atoms with Crippen LogP contribution in [0.5, 0.6) is 0 Å². The summed E-state index contributed by atoms with van der Waals surface area (Å²) >= 11 is 3.73. The Morgan fingerprint density at radius 1 is 0.358 bits per heavy atom. The summed E-state index contributed by atoms with van der Waals surface area (Å²) in [4.78, 5) is 5.25. The Bertz CT molecular complexity index is 3150. The van der Waals surface area contributed by atoms with Crippen LogP contribution in [-0.2, 0) is 0 Å². The van der Waals surface area contributed by atoms with Gasteiger partial charge in [-0.05, 0) is 122 Å². The molecule has 0 spiro atoms. The van der Waals surface area contributed by atoms with E-state index in [1.807, 2.05) is 22.7 Å². The van der Waals surface area contributed by atoms with E-state index in [0.29, 0.717) is 0 Å². The van der Waals surface area contributed by atoms with E-state index in [1.165, 1.54) is 96.0 Å². The van der Waals surface area contributed by atoms with Gasteiger partial charge < -0.3 is 4.42 Å². The van der Waals surface area contributed by atoms with Gasteiger partial charge in [-0.15, -0.1) is 22.7 Å². The number of rotatable bonds is 4. The van der Waals surface area contributed by atoms with Crippen molar-refractivity contribution in [2.45, 2.75) is 13.8 Å². The fourth-order valence-corrected chi connectivity index (χ4v) is 10.6. The number of benzene rings is 8. The molecule has 0 saturated carbocycles. The molecule has 0 N–H and O–H groups in total. The molecular formula is C50H32OS2. The van der Waals surface area contributed by atoms with E-state index in [4.69, 9.17) is 4.42 Å². The Balaban J connectivity index is 1.23. The van der Waals surface area contributed by atoms with Crippen molar-refractivity contribution in [3.05, 3.63) is 167 Å². The Kier molecular flexibility index (Phi) is 6.79. The first-order valence-corrected chi connectivity index (χ1v) is 19.7. The van der Waals surface area contributed by atoms with Crippen molar-refractivity contribution in [2.24, 2.45) is 0 Å². The number of hydrogen-bond acceptors (Lipinski definition) is 3. The molecule has 0 bridgehead atoms. The highest BCUT2D eigenvalue weighted by molar-refractivity contribution is 7.16. The smallest absolute Gasteiger partial charge is 0.136 e. The molecule has 0 aliphatic rings. The van der Waals surface area contributed by atoms with Crippen LogP contribution in [0.1, 0.15) is 9.75 Å². The van der Waals surface area contributed by atoms with Crippen LogP contribution in [0.4, 0.5) is 0 Å². The van der Waals surface area contributed by atoms with Crippen molar-refractivity contribution in [1.29, 1.82) is 0 Å². The lowest BCUT2D eigenvalue weighted by atomic mass is 9.86. The van der Waals surface area contributed by atoms with E-state index in [1.54, 1.807) is 0 Å². The van der Waals surface area contributed by atoms with Crippen LogP contribution in [0.2, 0.25) is 0 Å². The maximum Gasteiger partial charge on any atom is 0.136 e. The Labute approximate surface area is 315 Å². The molecule has 3 aromatic heterocycles. The lowest BCUT2D eigenvalue weighted by Crippen LogP contribution is -1.90. The zero-order valence-electron chi connectivity index (χ0n) is 29.2. The first-order chi connectivity index (χ1) is 26.1.